The van der Waals surface area contributed by atoms with E-state index in [1.807, 2.05) is 32.9 Å². The predicted octanol–water partition coefficient (Wildman–Crippen LogP) is 0.301. The van der Waals surface area contributed by atoms with Crippen molar-refractivity contribution in [2.75, 3.05) is 46.1 Å². The van der Waals surface area contributed by atoms with Gasteiger partial charge < -0.3 is 25.4 Å². The summed E-state index contributed by atoms with van der Waals surface area (Å²) in [6.45, 7) is 9.14. The first-order valence-corrected chi connectivity index (χ1v) is 8.59. The molecule has 0 saturated carbocycles. The molecule has 0 aliphatic carbocycles. The number of ether oxygens (including phenoxy) is 2. The molecule has 3 amide bonds. The number of rotatable bonds is 13. The summed E-state index contributed by atoms with van der Waals surface area (Å²) in [6, 6.07) is 0. The number of hydrogen-bond donors (Lipinski definition) is 3. The van der Waals surface area contributed by atoms with E-state index in [0.29, 0.717) is 32.8 Å². The van der Waals surface area contributed by atoms with Crippen molar-refractivity contribution >= 4 is 17.7 Å². The summed E-state index contributed by atoms with van der Waals surface area (Å²) in [5, 5.41) is 7.99. The van der Waals surface area contributed by atoms with E-state index in [9.17, 15) is 14.4 Å². The van der Waals surface area contributed by atoms with Crippen LogP contribution in [0.2, 0.25) is 0 Å². The van der Waals surface area contributed by atoms with Crippen LogP contribution >= 0.6 is 0 Å². The second-order valence-corrected chi connectivity index (χ2v) is 5.77. The highest BCUT2D eigenvalue weighted by atomic mass is 16.5. The van der Waals surface area contributed by atoms with Gasteiger partial charge in [0, 0.05) is 26.6 Å². The molecule has 0 heterocycles. The lowest BCUT2D eigenvalue weighted by molar-refractivity contribution is -0.130. The first-order valence-electron chi connectivity index (χ1n) is 8.59. The van der Waals surface area contributed by atoms with Gasteiger partial charge in [0.25, 0.3) is 0 Å². The van der Waals surface area contributed by atoms with Gasteiger partial charge in [-0.3, -0.25) is 14.4 Å². The molecule has 8 heteroatoms. The van der Waals surface area contributed by atoms with E-state index in [1.54, 1.807) is 0 Å². The lowest BCUT2D eigenvalue weighted by atomic mass is 10.3. The number of nitrogens with one attached hydrogen (secondary N) is 3. The van der Waals surface area contributed by atoms with Crippen molar-refractivity contribution in [3.63, 3.8) is 0 Å². The maximum absolute atomic E-state index is 11.6. The molecule has 8 nitrogen and oxygen atoms in total. The fraction of sp³-hybridized carbons (Fsp3) is 0.611. The Morgan fingerprint density at radius 3 is 1.77 bits per heavy atom. The zero-order valence-electron chi connectivity index (χ0n) is 16.1. The third-order valence-electron chi connectivity index (χ3n) is 3.12. The molecule has 3 N–H and O–H groups in total. The van der Waals surface area contributed by atoms with Crippen molar-refractivity contribution in [3.8, 4) is 0 Å². The normalized spacial score (nSPS) is 11.8. The number of amides is 3. The van der Waals surface area contributed by atoms with Gasteiger partial charge in [-0.15, -0.1) is 0 Å². The molecule has 0 aliphatic rings. The standard InChI is InChI=1S/C18H31N3O5/c1-5-19-17(23)12-26-13-18(24)21-11-15(3)7-9-25-8-6-14(2)10-20-16(4)22/h6-7H,5,8-13H2,1-4H3,(H,19,23)(H,20,22)(H,21,24)/b14-6+,15-7-. The minimum atomic E-state index is -0.278. The second-order valence-electron chi connectivity index (χ2n) is 5.77. The van der Waals surface area contributed by atoms with Crippen molar-refractivity contribution in [2.24, 2.45) is 0 Å². The Bertz CT molecular complexity index is 515. The molecule has 0 spiro atoms. The maximum atomic E-state index is 11.6. The number of carbonyl (C=O) groups is 3. The largest absolute Gasteiger partial charge is 0.373 e. The summed E-state index contributed by atoms with van der Waals surface area (Å²) >= 11 is 0. The Labute approximate surface area is 155 Å². The lowest BCUT2D eigenvalue weighted by Crippen LogP contribution is -2.32. The van der Waals surface area contributed by atoms with Crippen LogP contribution in [-0.4, -0.2) is 63.8 Å². The van der Waals surface area contributed by atoms with Crippen LogP contribution in [0, 0.1) is 0 Å². The highest BCUT2D eigenvalue weighted by Gasteiger charge is 2.04. The van der Waals surface area contributed by atoms with Crippen molar-refractivity contribution < 1.29 is 23.9 Å². The summed E-state index contributed by atoms with van der Waals surface area (Å²) in [5.74, 6) is -0.580. The van der Waals surface area contributed by atoms with Crippen LogP contribution in [0.5, 0.6) is 0 Å². The molecule has 0 aromatic carbocycles. The van der Waals surface area contributed by atoms with Crippen LogP contribution in [0.15, 0.2) is 23.3 Å². The quantitative estimate of drug-likeness (QED) is 0.320. The van der Waals surface area contributed by atoms with Crippen LogP contribution in [0.25, 0.3) is 0 Å². The monoisotopic (exact) mass is 369 g/mol. The summed E-state index contributed by atoms with van der Waals surface area (Å²) in [4.78, 5) is 33.5. The zero-order valence-corrected chi connectivity index (χ0v) is 16.1. The third-order valence-corrected chi connectivity index (χ3v) is 3.12. The van der Waals surface area contributed by atoms with Crippen LogP contribution < -0.4 is 16.0 Å². The molecule has 0 unspecified atom stereocenters. The maximum Gasteiger partial charge on any atom is 0.246 e. The van der Waals surface area contributed by atoms with Gasteiger partial charge in [-0.2, -0.15) is 0 Å². The van der Waals surface area contributed by atoms with Crippen molar-refractivity contribution in [1.82, 2.24) is 16.0 Å². The van der Waals surface area contributed by atoms with Gasteiger partial charge >= 0.3 is 0 Å². The molecular formula is C18H31N3O5. The van der Waals surface area contributed by atoms with Crippen molar-refractivity contribution in [3.05, 3.63) is 23.3 Å². The molecule has 0 radical (unpaired) electrons. The van der Waals surface area contributed by atoms with Gasteiger partial charge in [0.05, 0.1) is 13.2 Å². The molecule has 0 atom stereocenters. The van der Waals surface area contributed by atoms with Gasteiger partial charge in [-0.05, 0) is 20.8 Å². The van der Waals surface area contributed by atoms with E-state index in [1.165, 1.54) is 6.92 Å². The van der Waals surface area contributed by atoms with Crippen molar-refractivity contribution in [1.29, 1.82) is 0 Å². The summed E-state index contributed by atoms with van der Waals surface area (Å²) in [5.41, 5.74) is 1.99. The molecule has 0 rings (SSSR count). The summed E-state index contributed by atoms with van der Waals surface area (Å²) in [7, 11) is 0. The fourth-order valence-electron chi connectivity index (χ4n) is 1.65. The SMILES string of the molecule is CCNC(=O)COCC(=O)NC/C(C)=C\COC/C=C(\C)CNC(C)=O. The average molecular weight is 369 g/mol. The number of likely N-dealkylation sites (N-methyl/N-ethyl adjacent to an activating group) is 1. The Morgan fingerprint density at radius 2 is 1.27 bits per heavy atom. The van der Waals surface area contributed by atoms with Crippen LogP contribution in [0.3, 0.4) is 0 Å². The van der Waals surface area contributed by atoms with E-state index in [4.69, 9.17) is 9.47 Å². The second kappa shape index (κ2) is 15.1. The van der Waals surface area contributed by atoms with Crippen molar-refractivity contribution in [2.45, 2.75) is 27.7 Å². The molecule has 148 valence electrons. The summed E-state index contributed by atoms with van der Waals surface area (Å²) in [6.07, 6.45) is 3.79. The first kappa shape index (κ1) is 23.8. The van der Waals surface area contributed by atoms with E-state index in [2.05, 4.69) is 16.0 Å². The molecule has 0 saturated heterocycles. The first-order chi connectivity index (χ1) is 12.3. The van der Waals surface area contributed by atoms with Crippen LogP contribution in [0.1, 0.15) is 27.7 Å². The Hall–Kier alpha value is -2.19. The van der Waals surface area contributed by atoms with Gasteiger partial charge in [-0.25, -0.2) is 0 Å². The molecular weight excluding hydrogens is 338 g/mol. The number of hydrogen-bond acceptors (Lipinski definition) is 5. The van der Waals surface area contributed by atoms with Gasteiger partial charge in [0.15, 0.2) is 0 Å². The average Bonchev–Trinajstić information content (AvgIpc) is 2.58. The number of carbonyl (C=O) groups excluding carboxylic acids is 3. The third kappa shape index (κ3) is 15.3. The molecule has 0 bridgehead atoms. The Morgan fingerprint density at radius 1 is 0.769 bits per heavy atom. The van der Waals surface area contributed by atoms with Gasteiger partial charge in [0.2, 0.25) is 17.7 Å². The smallest absolute Gasteiger partial charge is 0.246 e. The minimum Gasteiger partial charge on any atom is -0.373 e. The predicted molar refractivity (Wildman–Crippen MR) is 99.5 cm³/mol. The van der Waals surface area contributed by atoms with E-state index in [-0.39, 0.29) is 30.9 Å². The lowest BCUT2D eigenvalue weighted by Gasteiger charge is -2.07. The molecule has 26 heavy (non-hydrogen) atoms. The van der Waals surface area contributed by atoms with E-state index < -0.39 is 0 Å². The van der Waals surface area contributed by atoms with E-state index in [0.717, 1.165) is 11.1 Å². The van der Waals surface area contributed by atoms with Crippen LogP contribution in [0.4, 0.5) is 0 Å². The molecule has 0 aromatic heterocycles. The Kier molecular flexibility index (Phi) is 13.8. The topological polar surface area (TPSA) is 106 Å². The fourth-order valence-corrected chi connectivity index (χ4v) is 1.65. The summed E-state index contributed by atoms with van der Waals surface area (Å²) < 4.78 is 10.5. The molecule has 0 aromatic rings. The molecule has 0 aliphatic heterocycles. The van der Waals surface area contributed by atoms with Gasteiger partial charge in [0.1, 0.15) is 13.2 Å². The Balaban J connectivity index is 3.80. The van der Waals surface area contributed by atoms with Crippen LogP contribution in [-0.2, 0) is 23.9 Å². The highest BCUT2D eigenvalue weighted by molar-refractivity contribution is 5.79. The van der Waals surface area contributed by atoms with E-state index >= 15 is 0 Å². The zero-order chi connectivity index (χ0) is 19.8. The molecule has 0 fully saturated rings. The van der Waals surface area contributed by atoms with Gasteiger partial charge in [-0.1, -0.05) is 23.3 Å². The highest BCUT2D eigenvalue weighted by Crippen LogP contribution is 1.93. The minimum absolute atomic E-state index is 0.0612.